The van der Waals surface area contributed by atoms with Gasteiger partial charge in [-0.2, -0.15) is 0 Å². The average molecular weight is 186 g/mol. The minimum atomic E-state index is 0. The highest BCUT2D eigenvalue weighted by Crippen LogP contribution is 1.95. The topological polar surface area (TPSA) is 0 Å². The van der Waals surface area contributed by atoms with E-state index in [-0.39, 0.29) is 12.4 Å². The summed E-state index contributed by atoms with van der Waals surface area (Å²) in [6.07, 6.45) is 3.60. The molecule has 0 nitrogen and oxygen atoms in total. The van der Waals surface area contributed by atoms with Crippen molar-refractivity contribution in [1.29, 1.82) is 0 Å². The molecular weight excluding hydrogens is 175 g/mol. The van der Waals surface area contributed by atoms with Crippen molar-refractivity contribution >= 4 is 28.3 Å². The van der Waals surface area contributed by atoms with Crippen LogP contribution >= 0.6 is 28.3 Å². The Morgan fingerprint density at radius 2 is 1.86 bits per heavy atom. The van der Waals surface area contributed by atoms with Crippen LogP contribution in [-0.4, -0.2) is 5.33 Å². The molecule has 0 aliphatic rings. The summed E-state index contributed by atoms with van der Waals surface area (Å²) in [7, 11) is 0. The molecule has 45 valence electrons. The summed E-state index contributed by atoms with van der Waals surface area (Å²) >= 11 is 3.32. The van der Waals surface area contributed by atoms with Crippen molar-refractivity contribution in [1.82, 2.24) is 0 Å². The number of hydrogen-bond acceptors (Lipinski definition) is 0. The fourth-order valence-electron chi connectivity index (χ4n) is 0.271. The highest BCUT2D eigenvalue weighted by Gasteiger charge is 1.76. The monoisotopic (exact) mass is 185 g/mol. The summed E-state index contributed by atoms with van der Waals surface area (Å²) < 4.78 is 0. The van der Waals surface area contributed by atoms with Crippen molar-refractivity contribution in [3.63, 3.8) is 0 Å². The Kier molecular flexibility index (Phi) is 15.1. The molecule has 0 aliphatic heterocycles. The summed E-state index contributed by atoms with van der Waals surface area (Å²) in [5, 5.41) is 1.13. The van der Waals surface area contributed by atoms with Crippen LogP contribution in [0.3, 0.4) is 0 Å². The van der Waals surface area contributed by atoms with Gasteiger partial charge in [0, 0.05) is 5.33 Å². The third kappa shape index (κ3) is 10.8. The van der Waals surface area contributed by atoms with Gasteiger partial charge < -0.3 is 0 Å². The molecule has 0 bridgehead atoms. The third-order valence-corrected chi connectivity index (χ3v) is 1.19. The van der Waals surface area contributed by atoms with Crippen LogP contribution in [0.1, 0.15) is 19.3 Å². The van der Waals surface area contributed by atoms with Crippen LogP contribution in [0.4, 0.5) is 0 Å². The molecule has 0 aromatic rings. The highest BCUT2D eigenvalue weighted by atomic mass is 79.9. The summed E-state index contributed by atoms with van der Waals surface area (Å²) in [5.41, 5.74) is 0. The molecule has 0 fully saturated rings. The molecular formula is C5H11BrCl. The number of halogens is 2. The van der Waals surface area contributed by atoms with Crippen molar-refractivity contribution in [3.8, 4) is 0 Å². The maximum Gasteiger partial charge on any atom is 0.00313 e. The van der Waals surface area contributed by atoms with Gasteiger partial charge in [0.05, 0.1) is 0 Å². The molecule has 0 aromatic heterocycles. The first-order valence-electron chi connectivity index (χ1n) is 2.27. The molecule has 0 N–H and O–H groups in total. The molecule has 1 radical (unpaired) electrons. The van der Waals surface area contributed by atoms with E-state index in [0.29, 0.717) is 0 Å². The van der Waals surface area contributed by atoms with Gasteiger partial charge in [-0.3, -0.25) is 0 Å². The molecule has 0 amide bonds. The molecule has 0 saturated heterocycles. The van der Waals surface area contributed by atoms with Gasteiger partial charge in [0.25, 0.3) is 0 Å². The van der Waals surface area contributed by atoms with Gasteiger partial charge in [0.1, 0.15) is 0 Å². The van der Waals surface area contributed by atoms with Crippen molar-refractivity contribution < 1.29 is 0 Å². The molecule has 2 heteroatoms. The van der Waals surface area contributed by atoms with E-state index < -0.39 is 0 Å². The van der Waals surface area contributed by atoms with Crippen LogP contribution < -0.4 is 0 Å². The van der Waals surface area contributed by atoms with Gasteiger partial charge in [-0.15, -0.1) is 12.4 Å². The lowest BCUT2D eigenvalue weighted by atomic mass is 10.3. The molecule has 0 aliphatic carbocycles. The summed E-state index contributed by atoms with van der Waals surface area (Å²) in [4.78, 5) is 0. The Labute approximate surface area is 60.2 Å². The second-order valence-electron chi connectivity index (χ2n) is 1.25. The van der Waals surface area contributed by atoms with E-state index in [1.165, 1.54) is 12.8 Å². The van der Waals surface area contributed by atoms with Gasteiger partial charge in [-0.05, 0) is 6.42 Å². The van der Waals surface area contributed by atoms with Crippen LogP contribution in [0.25, 0.3) is 0 Å². The van der Waals surface area contributed by atoms with Crippen molar-refractivity contribution in [2.75, 3.05) is 5.33 Å². The van der Waals surface area contributed by atoms with Crippen molar-refractivity contribution in [3.05, 3.63) is 6.92 Å². The van der Waals surface area contributed by atoms with Gasteiger partial charge >= 0.3 is 0 Å². The van der Waals surface area contributed by atoms with Crippen molar-refractivity contribution in [2.45, 2.75) is 19.3 Å². The van der Waals surface area contributed by atoms with Crippen LogP contribution in [0.15, 0.2) is 0 Å². The Balaban J connectivity index is 0. The largest absolute Gasteiger partial charge is 0.147 e. The van der Waals surface area contributed by atoms with Gasteiger partial charge in [0.15, 0.2) is 0 Å². The zero-order valence-corrected chi connectivity index (χ0v) is 6.72. The first kappa shape index (κ1) is 10.7. The second kappa shape index (κ2) is 9.91. The Hall–Kier alpha value is 0.770. The number of rotatable bonds is 3. The first-order chi connectivity index (χ1) is 2.91. The van der Waals surface area contributed by atoms with Gasteiger partial charge in [-0.25, -0.2) is 0 Å². The van der Waals surface area contributed by atoms with E-state index in [2.05, 4.69) is 22.9 Å². The van der Waals surface area contributed by atoms with Gasteiger partial charge in [-0.1, -0.05) is 35.7 Å². The Morgan fingerprint density at radius 1 is 1.29 bits per heavy atom. The molecule has 7 heavy (non-hydrogen) atoms. The molecule has 0 atom stereocenters. The van der Waals surface area contributed by atoms with E-state index >= 15 is 0 Å². The predicted octanol–water partition coefficient (Wildman–Crippen LogP) is 2.81. The van der Waals surface area contributed by atoms with Gasteiger partial charge in [0.2, 0.25) is 0 Å². The lowest BCUT2D eigenvalue weighted by molar-refractivity contribution is 0.825. The molecule has 0 heterocycles. The number of alkyl halides is 1. The minimum Gasteiger partial charge on any atom is -0.147 e. The Morgan fingerprint density at radius 3 is 2.00 bits per heavy atom. The predicted molar refractivity (Wildman–Crippen MR) is 40.3 cm³/mol. The first-order valence-corrected chi connectivity index (χ1v) is 3.39. The molecule has 0 rings (SSSR count). The number of hydrogen-bond donors (Lipinski definition) is 0. The van der Waals surface area contributed by atoms with Crippen LogP contribution in [0.2, 0.25) is 0 Å². The fourth-order valence-corrected chi connectivity index (χ4v) is 0.668. The maximum atomic E-state index is 3.70. The minimum absolute atomic E-state index is 0. The summed E-state index contributed by atoms with van der Waals surface area (Å²) in [5.74, 6) is 0. The summed E-state index contributed by atoms with van der Waals surface area (Å²) in [6.45, 7) is 3.70. The zero-order chi connectivity index (χ0) is 4.83. The van der Waals surface area contributed by atoms with E-state index in [0.717, 1.165) is 11.8 Å². The highest BCUT2D eigenvalue weighted by molar-refractivity contribution is 9.09. The molecule has 0 unspecified atom stereocenters. The van der Waals surface area contributed by atoms with E-state index in [9.17, 15) is 0 Å². The zero-order valence-electron chi connectivity index (χ0n) is 4.32. The number of unbranched alkanes of at least 4 members (excludes halogenated alkanes) is 2. The third-order valence-electron chi connectivity index (χ3n) is 0.634. The second-order valence-corrected chi connectivity index (χ2v) is 2.04. The lowest BCUT2D eigenvalue weighted by Crippen LogP contribution is -1.70. The van der Waals surface area contributed by atoms with Crippen molar-refractivity contribution in [2.24, 2.45) is 0 Å². The standard InChI is InChI=1S/C5H10Br.ClH/c1-2-3-4-5-6;/h1-5H2;1H. The maximum absolute atomic E-state index is 3.70. The van der Waals surface area contributed by atoms with Crippen LogP contribution in [-0.2, 0) is 0 Å². The quantitative estimate of drug-likeness (QED) is 0.470. The van der Waals surface area contributed by atoms with Crippen LogP contribution in [0.5, 0.6) is 0 Å². The average Bonchev–Trinajstić information content (AvgIpc) is 1.61. The molecule has 0 saturated carbocycles. The SMILES string of the molecule is Cl.[CH2]CCCCBr. The lowest BCUT2D eigenvalue weighted by Gasteiger charge is -1.84. The Bertz CT molecular complexity index is 20.0. The normalized spacial score (nSPS) is 7.71. The molecule has 0 spiro atoms. The molecule has 0 aromatic carbocycles. The van der Waals surface area contributed by atoms with E-state index in [1.54, 1.807) is 0 Å². The van der Waals surface area contributed by atoms with Crippen LogP contribution in [0, 0.1) is 6.92 Å². The summed E-state index contributed by atoms with van der Waals surface area (Å²) in [6, 6.07) is 0. The van der Waals surface area contributed by atoms with E-state index in [1.807, 2.05) is 0 Å². The fraction of sp³-hybridized carbons (Fsp3) is 0.800. The smallest absolute Gasteiger partial charge is 0.00313 e. The van der Waals surface area contributed by atoms with E-state index in [4.69, 9.17) is 0 Å².